The van der Waals surface area contributed by atoms with Gasteiger partial charge in [-0.2, -0.15) is 0 Å². The summed E-state index contributed by atoms with van der Waals surface area (Å²) in [5.41, 5.74) is 0.263. The summed E-state index contributed by atoms with van der Waals surface area (Å²) >= 11 is 1.65. The van der Waals surface area contributed by atoms with E-state index in [0.717, 1.165) is 10.5 Å². The third-order valence-electron chi connectivity index (χ3n) is 2.72. The fraction of sp³-hybridized carbons (Fsp3) is 0.462. The van der Waals surface area contributed by atoms with E-state index in [4.69, 9.17) is 4.74 Å². The minimum atomic E-state index is -0.746. The monoisotopic (exact) mass is 251 g/mol. The summed E-state index contributed by atoms with van der Waals surface area (Å²) in [6.45, 7) is 2.40. The standard InChI is InChI=1S/C13H17NO2S/c1-13(15,7-8-16-2)9-12-14-10-5-3-4-6-11(10)17-12/h3-6,15H,7-9H2,1-2H3. The molecule has 0 fully saturated rings. The normalized spacial score (nSPS) is 15.0. The third-order valence-corrected chi connectivity index (χ3v) is 3.75. The molecule has 1 N–H and O–H groups in total. The van der Waals surface area contributed by atoms with Gasteiger partial charge in [-0.25, -0.2) is 4.98 Å². The molecule has 0 spiro atoms. The second-order valence-electron chi connectivity index (χ2n) is 4.49. The molecule has 1 heterocycles. The van der Waals surface area contributed by atoms with E-state index in [1.165, 1.54) is 4.70 Å². The van der Waals surface area contributed by atoms with Gasteiger partial charge in [-0.3, -0.25) is 0 Å². The summed E-state index contributed by atoms with van der Waals surface area (Å²) in [4.78, 5) is 4.52. The van der Waals surface area contributed by atoms with E-state index in [2.05, 4.69) is 11.1 Å². The van der Waals surface area contributed by atoms with Crippen LogP contribution in [0.4, 0.5) is 0 Å². The molecule has 0 aliphatic carbocycles. The van der Waals surface area contributed by atoms with Crippen LogP contribution in [0.15, 0.2) is 24.3 Å². The van der Waals surface area contributed by atoms with Crippen LogP contribution in [0.25, 0.3) is 10.2 Å². The zero-order chi connectivity index (χ0) is 12.3. The quantitative estimate of drug-likeness (QED) is 0.888. The Hall–Kier alpha value is -0.970. The lowest BCUT2D eigenvalue weighted by atomic mass is 9.99. The smallest absolute Gasteiger partial charge is 0.0967 e. The summed E-state index contributed by atoms with van der Waals surface area (Å²) < 4.78 is 6.17. The Labute approximate surface area is 105 Å². The second kappa shape index (κ2) is 5.12. The number of hydrogen-bond donors (Lipinski definition) is 1. The number of fused-ring (bicyclic) bond motifs is 1. The Balaban J connectivity index is 2.12. The molecule has 0 bridgehead atoms. The highest BCUT2D eigenvalue weighted by Crippen LogP contribution is 2.25. The number of benzene rings is 1. The highest BCUT2D eigenvalue weighted by Gasteiger charge is 2.22. The number of rotatable bonds is 5. The van der Waals surface area contributed by atoms with Crippen molar-refractivity contribution in [1.29, 1.82) is 0 Å². The van der Waals surface area contributed by atoms with Crippen molar-refractivity contribution in [2.45, 2.75) is 25.4 Å². The van der Waals surface area contributed by atoms with Crippen LogP contribution in [0, 0.1) is 0 Å². The van der Waals surface area contributed by atoms with Gasteiger partial charge in [0.05, 0.1) is 20.8 Å². The minimum Gasteiger partial charge on any atom is -0.390 e. The number of methoxy groups -OCH3 is 1. The van der Waals surface area contributed by atoms with Gasteiger partial charge in [0.15, 0.2) is 0 Å². The average molecular weight is 251 g/mol. The SMILES string of the molecule is COCCC(C)(O)Cc1nc2ccccc2s1. The van der Waals surface area contributed by atoms with E-state index in [1.807, 2.05) is 25.1 Å². The van der Waals surface area contributed by atoms with Crippen LogP contribution >= 0.6 is 11.3 Å². The number of aromatic nitrogens is 1. The first-order valence-electron chi connectivity index (χ1n) is 5.66. The van der Waals surface area contributed by atoms with E-state index in [0.29, 0.717) is 19.4 Å². The van der Waals surface area contributed by atoms with Gasteiger partial charge in [0.2, 0.25) is 0 Å². The Morgan fingerprint density at radius 1 is 1.41 bits per heavy atom. The average Bonchev–Trinajstić information content (AvgIpc) is 2.67. The lowest BCUT2D eigenvalue weighted by Gasteiger charge is -2.21. The van der Waals surface area contributed by atoms with Crippen molar-refractivity contribution >= 4 is 21.6 Å². The zero-order valence-corrected chi connectivity index (χ0v) is 11.0. The highest BCUT2D eigenvalue weighted by atomic mass is 32.1. The van der Waals surface area contributed by atoms with Gasteiger partial charge in [-0.15, -0.1) is 11.3 Å². The molecular weight excluding hydrogens is 234 g/mol. The number of nitrogens with zero attached hydrogens (tertiary/aromatic N) is 1. The molecule has 1 atom stereocenters. The van der Waals surface area contributed by atoms with E-state index >= 15 is 0 Å². The van der Waals surface area contributed by atoms with Gasteiger partial charge >= 0.3 is 0 Å². The lowest BCUT2D eigenvalue weighted by molar-refractivity contribution is 0.0249. The largest absolute Gasteiger partial charge is 0.390 e. The summed E-state index contributed by atoms with van der Waals surface area (Å²) in [5, 5.41) is 11.2. The van der Waals surface area contributed by atoms with Gasteiger partial charge in [0, 0.05) is 20.1 Å². The molecule has 2 aromatic rings. The summed E-state index contributed by atoms with van der Waals surface area (Å²) in [6, 6.07) is 8.04. The van der Waals surface area contributed by atoms with Crippen LogP contribution < -0.4 is 0 Å². The van der Waals surface area contributed by atoms with Crippen molar-refractivity contribution in [2.24, 2.45) is 0 Å². The predicted molar refractivity (Wildman–Crippen MR) is 70.4 cm³/mol. The predicted octanol–water partition coefficient (Wildman–Crippen LogP) is 2.63. The maximum Gasteiger partial charge on any atom is 0.0967 e. The molecule has 0 amide bonds. The van der Waals surface area contributed by atoms with Gasteiger partial charge < -0.3 is 9.84 Å². The zero-order valence-electron chi connectivity index (χ0n) is 10.1. The summed E-state index contributed by atoms with van der Waals surface area (Å²) in [7, 11) is 1.65. The number of thiazole rings is 1. The summed E-state index contributed by atoms with van der Waals surface area (Å²) in [6.07, 6.45) is 1.20. The third kappa shape index (κ3) is 3.25. The molecular formula is C13H17NO2S. The maximum absolute atomic E-state index is 10.2. The molecule has 0 aliphatic heterocycles. The van der Waals surface area contributed by atoms with Crippen molar-refractivity contribution in [3.8, 4) is 0 Å². The van der Waals surface area contributed by atoms with Crippen molar-refractivity contribution in [1.82, 2.24) is 4.98 Å². The van der Waals surface area contributed by atoms with Crippen LogP contribution in [-0.2, 0) is 11.2 Å². The molecule has 4 heteroatoms. The van der Waals surface area contributed by atoms with Gasteiger partial charge in [0.1, 0.15) is 0 Å². The molecule has 92 valence electrons. The highest BCUT2D eigenvalue weighted by molar-refractivity contribution is 7.18. The van der Waals surface area contributed by atoms with Crippen molar-refractivity contribution < 1.29 is 9.84 Å². The Kier molecular flexibility index (Phi) is 3.76. The maximum atomic E-state index is 10.2. The Morgan fingerprint density at radius 2 is 2.18 bits per heavy atom. The van der Waals surface area contributed by atoms with Crippen LogP contribution in [0.3, 0.4) is 0 Å². The van der Waals surface area contributed by atoms with Crippen LogP contribution in [0.1, 0.15) is 18.4 Å². The number of hydrogen-bond acceptors (Lipinski definition) is 4. The topological polar surface area (TPSA) is 42.4 Å². The van der Waals surface area contributed by atoms with E-state index < -0.39 is 5.60 Å². The number of aliphatic hydroxyl groups is 1. The number of ether oxygens (including phenoxy) is 1. The van der Waals surface area contributed by atoms with Crippen LogP contribution in [0.5, 0.6) is 0 Å². The molecule has 0 saturated carbocycles. The second-order valence-corrected chi connectivity index (χ2v) is 5.61. The fourth-order valence-corrected chi connectivity index (χ4v) is 2.88. The molecule has 0 aliphatic rings. The van der Waals surface area contributed by atoms with E-state index in [9.17, 15) is 5.11 Å². The van der Waals surface area contributed by atoms with Crippen LogP contribution in [-0.4, -0.2) is 29.4 Å². The fourth-order valence-electron chi connectivity index (χ4n) is 1.73. The molecule has 0 saturated heterocycles. The summed E-state index contributed by atoms with van der Waals surface area (Å²) in [5.74, 6) is 0. The van der Waals surface area contributed by atoms with Crippen molar-refractivity contribution in [2.75, 3.05) is 13.7 Å². The first-order chi connectivity index (χ1) is 8.11. The molecule has 1 unspecified atom stereocenters. The molecule has 1 aromatic carbocycles. The molecule has 1 aromatic heterocycles. The molecule has 0 radical (unpaired) electrons. The molecule has 17 heavy (non-hydrogen) atoms. The van der Waals surface area contributed by atoms with E-state index in [1.54, 1.807) is 18.4 Å². The van der Waals surface area contributed by atoms with Gasteiger partial charge in [-0.05, 0) is 25.5 Å². The molecule has 2 rings (SSSR count). The lowest BCUT2D eigenvalue weighted by Crippen LogP contribution is -2.28. The van der Waals surface area contributed by atoms with Gasteiger partial charge in [0.25, 0.3) is 0 Å². The van der Waals surface area contributed by atoms with E-state index in [-0.39, 0.29) is 0 Å². The first-order valence-corrected chi connectivity index (χ1v) is 6.48. The Bertz CT molecular complexity index is 460. The van der Waals surface area contributed by atoms with Crippen LogP contribution in [0.2, 0.25) is 0 Å². The first kappa shape index (κ1) is 12.5. The number of para-hydroxylation sites is 1. The molecule has 3 nitrogen and oxygen atoms in total. The minimum absolute atomic E-state index is 0.567. The van der Waals surface area contributed by atoms with Gasteiger partial charge in [-0.1, -0.05) is 12.1 Å². The Morgan fingerprint density at radius 3 is 2.88 bits per heavy atom. The van der Waals surface area contributed by atoms with Crippen molar-refractivity contribution in [3.05, 3.63) is 29.3 Å². The van der Waals surface area contributed by atoms with Crippen molar-refractivity contribution in [3.63, 3.8) is 0 Å².